The zero-order valence-corrected chi connectivity index (χ0v) is 11.3. The van der Waals surface area contributed by atoms with Crippen LogP contribution in [0.25, 0.3) is 0 Å². The van der Waals surface area contributed by atoms with E-state index < -0.39 is 0 Å². The highest BCUT2D eigenvalue weighted by Gasteiger charge is 2.10. The molecule has 0 aliphatic heterocycles. The van der Waals surface area contributed by atoms with E-state index in [4.69, 9.17) is 0 Å². The van der Waals surface area contributed by atoms with E-state index in [-0.39, 0.29) is 11.9 Å². The van der Waals surface area contributed by atoms with E-state index in [1.165, 1.54) is 0 Å². The zero-order valence-electron chi connectivity index (χ0n) is 10.5. The molecule has 0 aromatic carbocycles. The van der Waals surface area contributed by atoms with Crippen LogP contribution in [0.1, 0.15) is 27.7 Å². The maximum atomic E-state index is 11.4. The minimum atomic E-state index is 0.0875. The van der Waals surface area contributed by atoms with Gasteiger partial charge in [-0.2, -0.15) is 11.8 Å². The monoisotopic (exact) mass is 232 g/mol. The van der Waals surface area contributed by atoms with E-state index in [9.17, 15) is 4.79 Å². The van der Waals surface area contributed by atoms with Crippen LogP contribution in [0, 0.1) is 5.92 Å². The van der Waals surface area contributed by atoms with Crippen LogP contribution in [-0.4, -0.2) is 36.5 Å². The lowest BCUT2D eigenvalue weighted by molar-refractivity contribution is -0.121. The smallest absolute Gasteiger partial charge is 0.234 e. The summed E-state index contributed by atoms with van der Waals surface area (Å²) >= 11 is 1.80. The molecule has 0 heterocycles. The zero-order chi connectivity index (χ0) is 11.8. The average Bonchev–Trinajstić information content (AvgIpc) is 2.17. The molecule has 0 aliphatic carbocycles. The molecule has 2 unspecified atom stereocenters. The Balaban J connectivity index is 3.58. The molecule has 3 nitrogen and oxygen atoms in total. The summed E-state index contributed by atoms with van der Waals surface area (Å²) in [6.07, 6.45) is 2.08. The molecular formula is C11H24N2OS. The second kappa shape index (κ2) is 7.99. The fraction of sp³-hybridized carbons (Fsp3) is 0.909. The van der Waals surface area contributed by atoms with Crippen molar-refractivity contribution in [2.45, 2.75) is 39.0 Å². The molecule has 90 valence electrons. The van der Waals surface area contributed by atoms with Gasteiger partial charge in [-0.1, -0.05) is 20.8 Å². The third-order valence-electron chi connectivity index (χ3n) is 2.51. The number of amides is 1. The van der Waals surface area contributed by atoms with Gasteiger partial charge in [-0.05, 0) is 19.1 Å². The standard InChI is InChI=1S/C11H24N2OS/c1-8(2)10(4)13-11(14)7-12-6-9(3)15-5/h8-10,12H,6-7H2,1-5H3,(H,13,14). The molecule has 0 spiro atoms. The summed E-state index contributed by atoms with van der Waals surface area (Å²) in [5.74, 6) is 0.573. The first-order valence-corrected chi connectivity index (χ1v) is 6.79. The Hall–Kier alpha value is -0.220. The van der Waals surface area contributed by atoms with Gasteiger partial charge in [0.2, 0.25) is 5.91 Å². The first-order chi connectivity index (χ1) is 6.97. The van der Waals surface area contributed by atoms with Crippen LogP contribution in [0.15, 0.2) is 0 Å². The van der Waals surface area contributed by atoms with Gasteiger partial charge in [-0.15, -0.1) is 0 Å². The first kappa shape index (κ1) is 14.8. The van der Waals surface area contributed by atoms with Gasteiger partial charge in [0, 0.05) is 17.8 Å². The van der Waals surface area contributed by atoms with Gasteiger partial charge < -0.3 is 10.6 Å². The third-order valence-corrected chi connectivity index (χ3v) is 3.48. The molecule has 0 rings (SSSR count). The lowest BCUT2D eigenvalue weighted by atomic mass is 10.1. The number of hydrogen-bond acceptors (Lipinski definition) is 3. The maximum absolute atomic E-state index is 11.4. The van der Waals surface area contributed by atoms with Crippen LogP contribution in [0.4, 0.5) is 0 Å². The lowest BCUT2D eigenvalue weighted by Crippen LogP contribution is -2.42. The molecular weight excluding hydrogens is 208 g/mol. The van der Waals surface area contributed by atoms with E-state index in [1.807, 2.05) is 6.92 Å². The number of hydrogen-bond donors (Lipinski definition) is 2. The summed E-state index contributed by atoms with van der Waals surface area (Å²) in [5, 5.41) is 6.67. The van der Waals surface area contributed by atoms with E-state index in [0.29, 0.717) is 17.7 Å². The molecule has 15 heavy (non-hydrogen) atoms. The van der Waals surface area contributed by atoms with Crippen LogP contribution in [-0.2, 0) is 4.79 Å². The van der Waals surface area contributed by atoms with Crippen molar-refractivity contribution in [2.75, 3.05) is 19.3 Å². The number of carbonyl (C=O) groups excluding carboxylic acids is 1. The lowest BCUT2D eigenvalue weighted by Gasteiger charge is -2.18. The highest BCUT2D eigenvalue weighted by Crippen LogP contribution is 2.02. The Morgan fingerprint density at radius 2 is 1.87 bits per heavy atom. The van der Waals surface area contributed by atoms with Crippen molar-refractivity contribution in [3.8, 4) is 0 Å². The number of nitrogens with one attached hydrogen (secondary N) is 2. The molecule has 4 heteroatoms. The van der Waals surface area contributed by atoms with Gasteiger partial charge >= 0.3 is 0 Å². The van der Waals surface area contributed by atoms with E-state index >= 15 is 0 Å². The molecule has 0 bridgehead atoms. The van der Waals surface area contributed by atoms with E-state index in [0.717, 1.165) is 6.54 Å². The van der Waals surface area contributed by atoms with Gasteiger partial charge in [0.25, 0.3) is 0 Å². The average molecular weight is 232 g/mol. The van der Waals surface area contributed by atoms with Crippen molar-refractivity contribution in [2.24, 2.45) is 5.92 Å². The molecule has 0 fully saturated rings. The predicted molar refractivity (Wildman–Crippen MR) is 68.3 cm³/mol. The summed E-state index contributed by atoms with van der Waals surface area (Å²) in [6.45, 7) is 9.69. The molecule has 1 amide bonds. The number of carbonyl (C=O) groups is 1. The Morgan fingerprint density at radius 1 is 1.27 bits per heavy atom. The maximum Gasteiger partial charge on any atom is 0.234 e. The van der Waals surface area contributed by atoms with Crippen molar-refractivity contribution < 1.29 is 4.79 Å². The van der Waals surface area contributed by atoms with Crippen molar-refractivity contribution >= 4 is 17.7 Å². The molecule has 2 N–H and O–H groups in total. The summed E-state index contributed by atoms with van der Waals surface area (Å²) in [6, 6.07) is 0.247. The van der Waals surface area contributed by atoms with Crippen molar-refractivity contribution in [1.82, 2.24) is 10.6 Å². The quantitative estimate of drug-likeness (QED) is 0.699. The predicted octanol–water partition coefficient (Wildman–Crippen LogP) is 1.49. The number of rotatable bonds is 7. The van der Waals surface area contributed by atoms with Gasteiger partial charge in [0.05, 0.1) is 6.54 Å². The minimum Gasteiger partial charge on any atom is -0.352 e. The summed E-state index contributed by atoms with van der Waals surface area (Å²) in [4.78, 5) is 11.4. The van der Waals surface area contributed by atoms with Crippen LogP contribution in [0.5, 0.6) is 0 Å². The Kier molecular flexibility index (Phi) is 7.88. The molecule has 0 aromatic heterocycles. The summed E-state index contributed by atoms with van der Waals surface area (Å²) in [7, 11) is 0. The van der Waals surface area contributed by atoms with Gasteiger partial charge in [0.15, 0.2) is 0 Å². The van der Waals surface area contributed by atoms with Gasteiger partial charge in [-0.25, -0.2) is 0 Å². The van der Waals surface area contributed by atoms with Crippen LogP contribution in [0.3, 0.4) is 0 Å². The summed E-state index contributed by atoms with van der Waals surface area (Å²) < 4.78 is 0. The third kappa shape index (κ3) is 7.68. The number of thioether (sulfide) groups is 1. The summed E-state index contributed by atoms with van der Waals surface area (Å²) in [5.41, 5.74) is 0. The Labute approximate surface area is 97.8 Å². The largest absolute Gasteiger partial charge is 0.352 e. The van der Waals surface area contributed by atoms with Crippen LogP contribution < -0.4 is 10.6 Å². The molecule has 0 saturated heterocycles. The second-order valence-electron chi connectivity index (χ2n) is 4.28. The van der Waals surface area contributed by atoms with Crippen LogP contribution >= 0.6 is 11.8 Å². The Morgan fingerprint density at radius 3 is 2.33 bits per heavy atom. The molecule has 0 aromatic rings. The van der Waals surface area contributed by atoms with E-state index in [1.54, 1.807) is 11.8 Å². The van der Waals surface area contributed by atoms with Crippen molar-refractivity contribution in [3.05, 3.63) is 0 Å². The van der Waals surface area contributed by atoms with Gasteiger partial charge in [0.1, 0.15) is 0 Å². The fourth-order valence-electron chi connectivity index (χ4n) is 0.944. The fourth-order valence-corrected chi connectivity index (χ4v) is 1.23. The topological polar surface area (TPSA) is 41.1 Å². The molecule has 2 atom stereocenters. The van der Waals surface area contributed by atoms with E-state index in [2.05, 4.69) is 37.7 Å². The highest BCUT2D eigenvalue weighted by atomic mass is 32.2. The second-order valence-corrected chi connectivity index (χ2v) is 5.55. The molecule has 0 aliphatic rings. The highest BCUT2D eigenvalue weighted by molar-refractivity contribution is 7.99. The SMILES string of the molecule is CSC(C)CNCC(=O)NC(C)C(C)C. The van der Waals surface area contributed by atoms with Gasteiger partial charge in [-0.3, -0.25) is 4.79 Å². The first-order valence-electron chi connectivity index (χ1n) is 5.50. The normalized spacial score (nSPS) is 15.1. The molecule has 0 radical (unpaired) electrons. The van der Waals surface area contributed by atoms with Crippen LogP contribution in [0.2, 0.25) is 0 Å². The Bertz CT molecular complexity index is 185. The minimum absolute atomic E-state index is 0.0875. The molecule has 0 saturated carbocycles. The van der Waals surface area contributed by atoms with Crippen molar-refractivity contribution in [1.29, 1.82) is 0 Å². The van der Waals surface area contributed by atoms with Crippen molar-refractivity contribution in [3.63, 3.8) is 0 Å².